The van der Waals surface area contributed by atoms with Crippen molar-refractivity contribution < 1.29 is 14.7 Å². The number of allylic oxidation sites excluding steroid dienone is 2. The van der Waals surface area contributed by atoms with Crippen molar-refractivity contribution in [3.8, 4) is 0 Å². The van der Waals surface area contributed by atoms with Gasteiger partial charge in [0.1, 0.15) is 0 Å². The minimum absolute atomic E-state index is 0.125. The maximum atomic E-state index is 11.5. The second-order valence-electron chi connectivity index (χ2n) is 5.73. The summed E-state index contributed by atoms with van der Waals surface area (Å²) in [6, 6.07) is 0. The molecule has 3 heteroatoms. The number of ketones is 1. The first-order chi connectivity index (χ1) is 10.2. The normalized spacial score (nSPS) is 11.1. The summed E-state index contributed by atoms with van der Waals surface area (Å²) < 4.78 is 0. The van der Waals surface area contributed by atoms with Crippen molar-refractivity contribution in [3.05, 3.63) is 12.2 Å². The van der Waals surface area contributed by atoms with Crippen molar-refractivity contribution in [1.82, 2.24) is 0 Å². The maximum Gasteiger partial charge on any atom is 0.303 e. The summed E-state index contributed by atoms with van der Waals surface area (Å²) >= 11 is 0. The average molecular weight is 296 g/mol. The lowest BCUT2D eigenvalue weighted by Gasteiger charge is -1.99. The maximum absolute atomic E-state index is 11.5. The van der Waals surface area contributed by atoms with Gasteiger partial charge in [-0.05, 0) is 31.8 Å². The fraction of sp³-hybridized carbons (Fsp3) is 0.778. The van der Waals surface area contributed by atoms with E-state index in [4.69, 9.17) is 5.11 Å². The predicted molar refractivity (Wildman–Crippen MR) is 87.5 cm³/mol. The number of unbranched alkanes of at least 4 members (excludes halogenated alkanes) is 9. The van der Waals surface area contributed by atoms with E-state index in [-0.39, 0.29) is 12.2 Å². The number of carboxylic acids is 1. The Morgan fingerprint density at radius 2 is 1.38 bits per heavy atom. The number of carbonyl (C=O) groups excluding carboxylic acids is 1. The van der Waals surface area contributed by atoms with Gasteiger partial charge in [0, 0.05) is 12.8 Å². The lowest BCUT2D eigenvalue weighted by atomic mass is 10.1. The first kappa shape index (κ1) is 19.9. The molecular weight excluding hydrogens is 264 g/mol. The summed E-state index contributed by atoms with van der Waals surface area (Å²) in [6.07, 6.45) is 17.0. The Kier molecular flexibility index (Phi) is 14.5. The molecule has 0 aliphatic heterocycles. The molecule has 0 atom stereocenters. The molecule has 0 heterocycles. The zero-order chi connectivity index (χ0) is 15.8. The van der Waals surface area contributed by atoms with Crippen molar-refractivity contribution in [3.63, 3.8) is 0 Å². The molecule has 0 aliphatic rings. The van der Waals surface area contributed by atoms with Crippen molar-refractivity contribution in [2.24, 2.45) is 0 Å². The van der Waals surface area contributed by atoms with Gasteiger partial charge < -0.3 is 5.11 Å². The molecule has 1 N–H and O–H groups in total. The Hall–Kier alpha value is -1.12. The topological polar surface area (TPSA) is 54.4 Å². The molecule has 122 valence electrons. The van der Waals surface area contributed by atoms with Gasteiger partial charge in [0.15, 0.2) is 5.78 Å². The van der Waals surface area contributed by atoms with Crippen LogP contribution in [-0.2, 0) is 9.59 Å². The molecule has 0 aromatic carbocycles. The fourth-order valence-electron chi connectivity index (χ4n) is 2.27. The number of aliphatic carboxylic acids is 1. The van der Waals surface area contributed by atoms with Crippen LogP contribution in [0.3, 0.4) is 0 Å². The monoisotopic (exact) mass is 296 g/mol. The van der Waals surface area contributed by atoms with Crippen molar-refractivity contribution in [2.75, 3.05) is 0 Å². The summed E-state index contributed by atoms with van der Waals surface area (Å²) in [5, 5.41) is 8.48. The predicted octanol–water partition coefficient (Wildman–Crippen LogP) is 5.29. The second-order valence-corrected chi connectivity index (χ2v) is 5.73. The van der Waals surface area contributed by atoms with Crippen LogP contribution in [0.1, 0.15) is 90.4 Å². The quantitative estimate of drug-likeness (QED) is 0.330. The van der Waals surface area contributed by atoms with E-state index in [1.807, 2.05) is 6.08 Å². The second kappa shape index (κ2) is 15.3. The molecule has 0 bridgehead atoms. The van der Waals surface area contributed by atoms with Gasteiger partial charge in [0.05, 0.1) is 0 Å². The largest absolute Gasteiger partial charge is 0.481 e. The van der Waals surface area contributed by atoms with Gasteiger partial charge in [0.25, 0.3) is 0 Å². The standard InChI is InChI=1S/C18H32O3/c1-2-3-4-5-6-7-8-9-10-11-14-17(19)15-12-13-16-18(20)21/h11,14H,2-10,12-13,15-16H2,1H3,(H,20,21)/b14-11+. The van der Waals surface area contributed by atoms with Crippen LogP contribution < -0.4 is 0 Å². The van der Waals surface area contributed by atoms with Gasteiger partial charge in [0.2, 0.25) is 0 Å². The first-order valence-electron chi connectivity index (χ1n) is 8.58. The van der Waals surface area contributed by atoms with Crippen LogP contribution in [0.4, 0.5) is 0 Å². The van der Waals surface area contributed by atoms with Gasteiger partial charge in [-0.25, -0.2) is 0 Å². The smallest absolute Gasteiger partial charge is 0.303 e. The van der Waals surface area contributed by atoms with Crippen LogP contribution in [0.5, 0.6) is 0 Å². The third kappa shape index (κ3) is 16.8. The Labute approximate surface area is 129 Å². The molecule has 3 nitrogen and oxygen atoms in total. The highest BCUT2D eigenvalue weighted by atomic mass is 16.4. The summed E-state index contributed by atoms with van der Waals surface area (Å²) in [5.74, 6) is -0.660. The Balaban J connectivity index is 3.30. The first-order valence-corrected chi connectivity index (χ1v) is 8.58. The van der Waals surface area contributed by atoms with E-state index >= 15 is 0 Å². The van der Waals surface area contributed by atoms with E-state index in [1.165, 1.54) is 44.9 Å². The summed E-state index contributed by atoms with van der Waals surface area (Å²) in [4.78, 5) is 21.8. The summed E-state index contributed by atoms with van der Waals surface area (Å²) in [7, 11) is 0. The van der Waals surface area contributed by atoms with E-state index in [0.29, 0.717) is 19.3 Å². The molecule has 0 fully saturated rings. The molecule has 21 heavy (non-hydrogen) atoms. The SMILES string of the molecule is CCCCCCCCCC/C=C/C(=O)CCCCC(=O)O. The summed E-state index contributed by atoms with van der Waals surface area (Å²) in [6.45, 7) is 2.24. The molecule has 0 rings (SSSR count). The van der Waals surface area contributed by atoms with E-state index in [2.05, 4.69) is 6.92 Å². The minimum atomic E-state index is -0.785. The number of hydrogen-bond acceptors (Lipinski definition) is 2. The number of rotatable bonds is 15. The molecule has 0 saturated carbocycles. The van der Waals surface area contributed by atoms with Crippen LogP contribution in [0.25, 0.3) is 0 Å². The molecule has 0 spiro atoms. The molecule has 0 aliphatic carbocycles. The van der Waals surface area contributed by atoms with E-state index in [1.54, 1.807) is 6.08 Å². The third-order valence-electron chi connectivity index (χ3n) is 3.59. The molecule has 0 saturated heterocycles. The highest BCUT2D eigenvalue weighted by Crippen LogP contribution is 2.10. The van der Waals surface area contributed by atoms with Crippen molar-refractivity contribution in [2.45, 2.75) is 90.4 Å². The Morgan fingerprint density at radius 3 is 2.00 bits per heavy atom. The number of hydrogen-bond donors (Lipinski definition) is 1. The Bertz CT molecular complexity index is 295. The van der Waals surface area contributed by atoms with Gasteiger partial charge in [-0.15, -0.1) is 0 Å². The molecule has 0 aromatic heterocycles. The highest BCUT2D eigenvalue weighted by molar-refractivity contribution is 5.89. The number of carboxylic acid groups (broad SMARTS) is 1. The van der Waals surface area contributed by atoms with Crippen molar-refractivity contribution in [1.29, 1.82) is 0 Å². The summed E-state index contributed by atoms with van der Waals surface area (Å²) in [5.41, 5.74) is 0. The highest BCUT2D eigenvalue weighted by Gasteiger charge is 1.99. The van der Waals surface area contributed by atoms with E-state index in [0.717, 1.165) is 12.8 Å². The average Bonchev–Trinajstić information content (AvgIpc) is 2.45. The van der Waals surface area contributed by atoms with Gasteiger partial charge in [-0.1, -0.05) is 57.9 Å². The van der Waals surface area contributed by atoms with Crippen LogP contribution in [0.15, 0.2) is 12.2 Å². The van der Waals surface area contributed by atoms with E-state index in [9.17, 15) is 9.59 Å². The zero-order valence-corrected chi connectivity index (χ0v) is 13.6. The van der Waals surface area contributed by atoms with Gasteiger partial charge in [-0.3, -0.25) is 9.59 Å². The van der Waals surface area contributed by atoms with Gasteiger partial charge >= 0.3 is 5.97 Å². The lowest BCUT2D eigenvalue weighted by Crippen LogP contribution is -1.96. The third-order valence-corrected chi connectivity index (χ3v) is 3.59. The van der Waals surface area contributed by atoms with Gasteiger partial charge in [-0.2, -0.15) is 0 Å². The number of carbonyl (C=O) groups is 2. The lowest BCUT2D eigenvalue weighted by molar-refractivity contribution is -0.137. The molecular formula is C18H32O3. The molecule has 0 radical (unpaired) electrons. The molecule has 0 amide bonds. The molecule has 0 aromatic rings. The molecule has 0 unspecified atom stereocenters. The zero-order valence-electron chi connectivity index (χ0n) is 13.6. The van der Waals surface area contributed by atoms with E-state index < -0.39 is 5.97 Å². The Morgan fingerprint density at radius 1 is 0.810 bits per heavy atom. The minimum Gasteiger partial charge on any atom is -0.481 e. The van der Waals surface area contributed by atoms with Crippen LogP contribution >= 0.6 is 0 Å². The van der Waals surface area contributed by atoms with Crippen LogP contribution in [0.2, 0.25) is 0 Å². The fourth-order valence-corrected chi connectivity index (χ4v) is 2.27. The van der Waals surface area contributed by atoms with Crippen LogP contribution in [-0.4, -0.2) is 16.9 Å². The van der Waals surface area contributed by atoms with Crippen LogP contribution in [0, 0.1) is 0 Å². The van der Waals surface area contributed by atoms with Crippen molar-refractivity contribution >= 4 is 11.8 Å².